The monoisotopic (exact) mass is 288 g/mol. The molecular weight excluding hydrogens is 276 g/mol. The van der Waals surface area contributed by atoms with Crippen molar-refractivity contribution in [2.24, 2.45) is 5.92 Å². The number of halogens is 2. The Bertz CT molecular complexity index is 161. The summed E-state index contributed by atoms with van der Waals surface area (Å²) in [5.41, 5.74) is 0. The second-order valence-electron chi connectivity index (χ2n) is 2.86. The molecule has 1 atom stereocenters. The molecule has 0 aromatic carbocycles. The smallest absolute Gasteiger partial charge is 0.480 e. The Morgan fingerprint density at radius 2 is 1.93 bits per heavy atom. The summed E-state index contributed by atoms with van der Waals surface area (Å²) in [7, 11) is 0. The first-order valence-corrected chi connectivity index (χ1v) is 4.85. The Balaban J connectivity index is 0. The summed E-state index contributed by atoms with van der Waals surface area (Å²) in [5.74, 6) is -0.597. The normalized spacial score (nSPS) is 12.0. The molecule has 0 aromatic rings. The molecule has 5 nitrogen and oxygen atoms in total. The van der Waals surface area contributed by atoms with E-state index in [-0.39, 0.29) is 7.69 Å². The number of carboxylic acids is 1. The van der Waals surface area contributed by atoms with Gasteiger partial charge in [0.05, 0.1) is 0 Å². The third-order valence-electron chi connectivity index (χ3n) is 1.22. The Morgan fingerprint density at radius 1 is 1.57 bits per heavy atom. The van der Waals surface area contributed by atoms with Gasteiger partial charge in [0.1, 0.15) is 6.04 Å². The van der Waals surface area contributed by atoms with Gasteiger partial charge in [0, 0.05) is 16.1 Å². The number of nitrogens with zero attached hydrogens (tertiary/aromatic N) is 1. The van der Waals surface area contributed by atoms with E-state index in [9.17, 15) is 4.79 Å². The third kappa shape index (κ3) is 10.3. The second-order valence-corrected chi connectivity index (χ2v) is 4.39. The predicted molar refractivity (Wildman–Crippen MR) is 57.7 cm³/mol. The van der Waals surface area contributed by atoms with Crippen LogP contribution in [-0.2, 0) is 4.79 Å². The maximum absolute atomic E-state index is 10.5. The van der Waals surface area contributed by atoms with Gasteiger partial charge in [0.2, 0.25) is 0 Å². The summed E-state index contributed by atoms with van der Waals surface area (Å²) < 4.78 is 1.02. The molecule has 0 fully saturated rings. The van der Waals surface area contributed by atoms with E-state index in [2.05, 4.69) is 16.1 Å². The molecule has 14 heavy (non-hydrogen) atoms. The van der Waals surface area contributed by atoms with Crippen molar-refractivity contribution in [3.05, 3.63) is 0 Å². The molecule has 3 N–H and O–H groups in total. The van der Waals surface area contributed by atoms with Crippen LogP contribution in [0.2, 0.25) is 0 Å². The minimum Gasteiger partial charge on any atom is -0.480 e. The molecule has 8 heteroatoms. The van der Waals surface area contributed by atoms with Gasteiger partial charge < -0.3 is 15.2 Å². The average Bonchev–Trinajstić information content (AvgIpc) is 2.00. The first-order chi connectivity index (χ1) is 6.36. The summed E-state index contributed by atoms with van der Waals surface area (Å²) in [5, 5.41) is 22.6. The maximum atomic E-state index is 10.5. The SMILES string of the molecule is CC(C)C[C@@H](C(=O)O)N(Cl)Br.O[B]O. The van der Waals surface area contributed by atoms with E-state index < -0.39 is 12.0 Å². The van der Waals surface area contributed by atoms with Gasteiger partial charge in [-0.25, -0.2) is 0 Å². The van der Waals surface area contributed by atoms with Crippen LogP contribution in [0, 0.1) is 5.92 Å². The van der Waals surface area contributed by atoms with Gasteiger partial charge >= 0.3 is 13.7 Å². The molecule has 0 saturated carbocycles. The van der Waals surface area contributed by atoms with Crippen molar-refractivity contribution < 1.29 is 19.9 Å². The first-order valence-electron chi connectivity index (χ1n) is 3.80. The molecule has 0 bridgehead atoms. The van der Waals surface area contributed by atoms with Gasteiger partial charge in [-0.15, -0.1) is 3.45 Å². The molecule has 0 rings (SSSR count). The number of hydrogen-bond acceptors (Lipinski definition) is 4. The lowest BCUT2D eigenvalue weighted by atomic mass is 10.1. The van der Waals surface area contributed by atoms with Crippen molar-refractivity contribution in [2.45, 2.75) is 26.3 Å². The van der Waals surface area contributed by atoms with Crippen LogP contribution >= 0.6 is 27.9 Å². The van der Waals surface area contributed by atoms with E-state index in [1.54, 1.807) is 0 Å². The molecule has 0 aliphatic rings. The quantitative estimate of drug-likeness (QED) is 0.526. The van der Waals surface area contributed by atoms with Crippen LogP contribution in [0.1, 0.15) is 20.3 Å². The van der Waals surface area contributed by atoms with Crippen molar-refractivity contribution in [3.63, 3.8) is 0 Å². The van der Waals surface area contributed by atoms with Crippen LogP contribution in [0.3, 0.4) is 0 Å². The number of aliphatic carboxylic acids is 1. The standard InChI is InChI=1S/C6H11BrClNO2.BH2O2/c1-4(2)3-5(6(10)11)9(7)8;2-1-3/h4-5H,3H2,1-2H3,(H,10,11);2-3H/t5-;/m0./s1. The van der Waals surface area contributed by atoms with Gasteiger partial charge in [-0.3, -0.25) is 4.79 Å². The minimum atomic E-state index is -0.912. The van der Waals surface area contributed by atoms with E-state index in [1.165, 1.54) is 0 Å². The maximum Gasteiger partial charge on any atom is 0.482 e. The molecule has 0 aromatic heterocycles. The number of rotatable bonds is 4. The highest BCUT2D eigenvalue weighted by Gasteiger charge is 2.23. The zero-order valence-electron chi connectivity index (χ0n) is 7.89. The molecule has 0 aliphatic heterocycles. The van der Waals surface area contributed by atoms with Crippen LogP contribution in [0.5, 0.6) is 0 Å². The zero-order chi connectivity index (χ0) is 11.7. The molecule has 0 aliphatic carbocycles. The van der Waals surface area contributed by atoms with Crippen molar-refractivity contribution in [1.82, 2.24) is 3.45 Å². The Morgan fingerprint density at radius 3 is 2.00 bits per heavy atom. The zero-order valence-corrected chi connectivity index (χ0v) is 10.2. The van der Waals surface area contributed by atoms with E-state index >= 15 is 0 Å². The Kier molecular flexibility index (Phi) is 11.5. The van der Waals surface area contributed by atoms with E-state index in [0.29, 0.717) is 12.3 Å². The molecule has 83 valence electrons. The van der Waals surface area contributed by atoms with Crippen LogP contribution in [-0.4, -0.2) is 38.3 Å². The highest BCUT2D eigenvalue weighted by atomic mass is 79.9. The lowest BCUT2D eigenvalue weighted by Crippen LogP contribution is -2.30. The van der Waals surface area contributed by atoms with Crippen LogP contribution < -0.4 is 0 Å². The summed E-state index contributed by atoms with van der Waals surface area (Å²) in [6.07, 6.45) is 0.532. The van der Waals surface area contributed by atoms with Crippen LogP contribution in [0.25, 0.3) is 0 Å². The summed E-state index contributed by atoms with van der Waals surface area (Å²) in [6.45, 7) is 3.90. The highest BCUT2D eigenvalue weighted by Crippen LogP contribution is 2.17. The summed E-state index contributed by atoms with van der Waals surface area (Å²) in [6, 6.07) is -0.656. The second kappa shape index (κ2) is 9.73. The third-order valence-corrected chi connectivity index (χ3v) is 1.95. The Hall–Kier alpha value is 0.185. The van der Waals surface area contributed by atoms with Crippen LogP contribution in [0.15, 0.2) is 0 Å². The fourth-order valence-corrected chi connectivity index (χ4v) is 1.22. The summed E-state index contributed by atoms with van der Waals surface area (Å²) in [4.78, 5) is 10.5. The predicted octanol–water partition coefficient (Wildman–Crippen LogP) is 0.757. The number of carboxylic acid groups (broad SMARTS) is 1. The van der Waals surface area contributed by atoms with Crippen LogP contribution in [0.4, 0.5) is 0 Å². The highest BCUT2D eigenvalue weighted by molar-refractivity contribution is 9.08. The lowest BCUT2D eigenvalue weighted by Gasteiger charge is -2.16. The van der Waals surface area contributed by atoms with E-state index in [1.807, 2.05) is 13.8 Å². The largest absolute Gasteiger partial charge is 0.482 e. The molecular formula is C6H13BBrClNO4. The van der Waals surface area contributed by atoms with Crippen molar-refractivity contribution in [2.75, 3.05) is 0 Å². The molecule has 1 radical (unpaired) electrons. The number of hydrogen-bond donors (Lipinski definition) is 3. The average molecular weight is 289 g/mol. The Labute approximate surface area is 97.4 Å². The topological polar surface area (TPSA) is 81.0 Å². The van der Waals surface area contributed by atoms with Gasteiger partial charge in [0.15, 0.2) is 0 Å². The van der Waals surface area contributed by atoms with Crippen molar-refractivity contribution in [3.8, 4) is 0 Å². The van der Waals surface area contributed by atoms with Crippen molar-refractivity contribution in [1.29, 1.82) is 0 Å². The minimum absolute atomic E-state index is 0. The molecule has 0 spiro atoms. The number of carbonyl (C=O) groups is 1. The fourth-order valence-electron chi connectivity index (χ4n) is 0.711. The summed E-state index contributed by atoms with van der Waals surface area (Å²) >= 11 is 8.34. The molecule has 0 heterocycles. The molecule has 0 amide bonds. The van der Waals surface area contributed by atoms with Gasteiger partial charge in [-0.05, 0) is 24.1 Å². The first kappa shape index (κ1) is 16.6. The van der Waals surface area contributed by atoms with Crippen molar-refractivity contribution >= 4 is 41.6 Å². The van der Waals surface area contributed by atoms with Gasteiger partial charge in [-0.2, -0.15) is 0 Å². The van der Waals surface area contributed by atoms with Gasteiger partial charge in [-0.1, -0.05) is 13.8 Å². The van der Waals surface area contributed by atoms with Gasteiger partial charge in [0.25, 0.3) is 0 Å². The molecule has 0 unspecified atom stereocenters. The van der Waals surface area contributed by atoms with E-state index in [0.717, 1.165) is 3.45 Å². The van der Waals surface area contributed by atoms with E-state index in [4.69, 9.17) is 26.9 Å². The fraction of sp³-hybridized carbons (Fsp3) is 0.833. The lowest BCUT2D eigenvalue weighted by molar-refractivity contribution is -0.140. The molecule has 0 saturated heterocycles.